The van der Waals surface area contributed by atoms with E-state index < -0.39 is 16.1 Å². The number of nitrogens with zero attached hydrogens (tertiary/aromatic N) is 2. The zero-order valence-electron chi connectivity index (χ0n) is 16.5. The minimum Gasteiger partial charge on any atom is -0.497 e. The fourth-order valence-electron chi connectivity index (χ4n) is 4.06. The molecule has 30 heavy (non-hydrogen) atoms. The molecule has 0 saturated heterocycles. The molecule has 1 atom stereocenters. The largest absolute Gasteiger partial charge is 0.497 e. The van der Waals surface area contributed by atoms with E-state index in [0.29, 0.717) is 37.8 Å². The van der Waals surface area contributed by atoms with Gasteiger partial charge in [0.1, 0.15) is 19.0 Å². The Kier molecular flexibility index (Phi) is 4.67. The van der Waals surface area contributed by atoms with E-state index in [0.717, 1.165) is 17.0 Å². The Balaban J connectivity index is 1.59. The van der Waals surface area contributed by atoms with Gasteiger partial charge in [0, 0.05) is 31.0 Å². The molecule has 8 heteroatoms. The molecule has 7 nitrogen and oxygen atoms in total. The van der Waals surface area contributed by atoms with Crippen LogP contribution in [0.3, 0.4) is 0 Å². The fourth-order valence-corrected chi connectivity index (χ4v) is 5.66. The van der Waals surface area contributed by atoms with Crippen LogP contribution in [0.2, 0.25) is 0 Å². The third-order valence-corrected chi connectivity index (χ3v) is 7.41. The van der Waals surface area contributed by atoms with Crippen LogP contribution in [0, 0.1) is 0 Å². The predicted molar refractivity (Wildman–Crippen MR) is 111 cm³/mol. The summed E-state index contributed by atoms with van der Waals surface area (Å²) in [5.41, 5.74) is 1.82. The number of methoxy groups -OCH3 is 1. The topological polar surface area (TPSA) is 70.0 Å². The average Bonchev–Trinajstić information content (AvgIpc) is 3.27. The maximum atomic E-state index is 13.7. The summed E-state index contributed by atoms with van der Waals surface area (Å²) >= 11 is 0. The summed E-state index contributed by atoms with van der Waals surface area (Å²) in [6.45, 7) is 1.83. The summed E-state index contributed by atoms with van der Waals surface area (Å²) in [5.74, 6) is 1.76. The number of fused-ring (bicyclic) bond motifs is 2. The van der Waals surface area contributed by atoms with E-state index in [9.17, 15) is 8.42 Å². The van der Waals surface area contributed by atoms with Crippen molar-refractivity contribution in [2.24, 2.45) is 0 Å². The number of aromatic nitrogens is 1. The van der Waals surface area contributed by atoms with Gasteiger partial charge in [-0.25, -0.2) is 8.42 Å². The van der Waals surface area contributed by atoms with Crippen LogP contribution in [-0.2, 0) is 16.6 Å². The molecule has 0 spiro atoms. The number of hydrogen-bond donors (Lipinski definition) is 0. The van der Waals surface area contributed by atoms with Crippen LogP contribution in [0.25, 0.3) is 0 Å². The third-order valence-electron chi connectivity index (χ3n) is 5.55. The molecule has 2 aromatic carbocycles. The van der Waals surface area contributed by atoms with Crippen LogP contribution in [-0.4, -0.2) is 44.2 Å². The molecule has 2 aliphatic heterocycles. The first-order valence-electron chi connectivity index (χ1n) is 9.78. The monoisotopic (exact) mass is 426 g/mol. The Hall–Kier alpha value is -2.97. The molecular formula is C22H22N2O5S. The van der Waals surface area contributed by atoms with E-state index in [2.05, 4.69) is 4.57 Å². The lowest BCUT2D eigenvalue weighted by atomic mass is 10.0. The molecule has 0 aliphatic carbocycles. The Morgan fingerprint density at radius 1 is 0.967 bits per heavy atom. The highest BCUT2D eigenvalue weighted by Crippen LogP contribution is 2.39. The van der Waals surface area contributed by atoms with Crippen molar-refractivity contribution in [1.82, 2.24) is 8.87 Å². The van der Waals surface area contributed by atoms with Crippen LogP contribution in [0.1, 0.15) is 17.3 Å². The van der Waals surface area contributed by atoms with Crippen molar-refractivity contribution in [3.8, 4) is 17.2 Å². The summed E-state index contributed by atoms with van der Waals surface area (Å²) in [4.78, 5) is 0.199. The average molecular weight is 426 g/mol. The van der Waals surface area contributed by atoms with Crippen molar-refractivity contribution in [3.05, 3.63) is 72.1 Å². The van der Waals surface area contributed by atoms with Gasteiger partial charge in [-0.1, -0.05) is 12.1 Å². The smallest absolute Gasteiger partial charge is 0.244 e. The highest BCUT2D eigenvalue weighted by molar-refractivity contribution is 7.89. The molecule has 156 valence electrons. The predicted octanol–water partition coefficient (Wildman–Crippen LogP) is 3.06. The van der Waals surface area contributed by atoms with Crippen molar-refractivity contribution in [2.75, 3.05) is 26.9 Å². The van der Waals surface area contributed by atoms with Crippen molar-refractivity contribution >= 4 is 10.0 Å². The van der Waals surface area contributed by atoms with Gasteiger partial charge < -0.3 is 18.8 Å². The summed E-state index contributed by atoms with van der Waals surface area (Å²) < 4.78 is 47.5. The summed E-state index contributed by atoms with van der Waals surface area (Å²) in [6.07, 6.45) is 1.99. The van der Waals surface area contributed by atoms with Gasteiger partial charge >= 0.3 is 0 Å². The minimum atomic E-state index is -3.78. The summed E-state index contributed by atoms with van der Waals surface area (Å²) in [6, 6.07) is 15.8. The second kappa shape index (κ2) is 7.37. The number of rotatable bonds is 4. The van der Waals surface area contributed by atoms with Gasteiger partial charge in [0.15, 0.2) is 11.5 Å². The van der Waals surface area contributed by atoms with Crippen molar-refractivity contribution in [3.63, 3.8) is 0 Å². The number of benzene rings is 2. The maximum absolute atomic E-state index is 13.7. The Morgan fingerprint density at radius 2 is 1.73 bits per heavy atom. The fraction of sp³-hybridized carbons (Fsp3) is 0.273. The first-order valence-corrected chi connectivity index (χ1v) is 11.2. The molecule has 0 radical (unpaired) electrons. The molecule has 3 aromatic rings. The maximum Gasteiger partial charge on any atom is 0.244 e. The van der Waals surface area contributed by atoms with Crippen LogP contribution in [0.4, 0.5) is 0 Å². The highest BCUT2D eigenvalue weighted by Gasteiger charge is 2.38. The molecule has 0 N–H and O–H groups in total. The van der Waals surface area contributed by atoms with E-state index in [-0.39, 0.29) is 4.90 Å². The highest BCUT2D eigenvalue weighted by atomic mass is 32.2. The van der Waals surface area contributed by atoms with E-state index in [1.807, 2.05) is 42.6 Å². The summed E-state index contributed by atoms with van der Waals surface area (Å²) in [7, 11) is -2.17. The van der Waals surface area contributed by atoms with E-state index >= 15 is 0 Å². The van der Waals surface area contributed by atoms with Crippen molar-refractivity contribution in [1.29, 1.82) is 0 Å². The van der Waals surface area contributed by atoms with Crippen LogP contribution < -0.4 is 14.2 Å². The molecule has 1 aromatic heterocycles. The van der Waals surface area contributed by atoms with Gasteiger partial charge in [-0.05, 0) is 42.0 Å². The first-order chi connectivity index (χ1) is 14.6. The third kappa shape index (κ3) is 3.12. The quantitative estimate of drug-likeness (QED) is 0.641. The van der Waals surface area contributed by atoms with Crippen LogP contribution in [0.5, 0.6) is 17.2 Å². The van der Waals surface area contributed by atoms with Crippen LogP contribution in [0.15, 0.2) is 65.7 Å². The van der Waals surface area contributed by atoms with E-state index in [4.69, 9.17) is 14.2 Å². The molecule has 5 rings (SSSR count). The number of hydrogen-bond acceptors (Lipinski definition) is 5. The Bertz CT molecular complexity index is 1170. The van der Waals surface area contributed by atoms with Gasteiger partial charge in [0.05, 0.1) is 18.0 Å². The number of ether oxygens (including phenoxy) is 3. The van der Waals surface area contributed by atoms with Gasteiger partial charge in [-0.15, -0.1) is 0 Å². The van der Waals surface area contributed by atoms with Gasteiger partial charge in [0.25, 0.3) is 0 Å². The molecule has 3 heterocycles. The zero-order chi connectivity index (χ0) is 20.7. The molecule has 2 aliphatic rings. The van der Waals surface area contributed by atoms with Gasteiger partial charge in [0.2, 0.25) is 10.0 Å². The van der Waals surface area contributed by atoms with Crippen molar-refractivity contribution < 1.29 is 22.6 Å². The zero-order valence-corrected chi connectivity index (χ0v) is 17.3. The molecule has 0 amide bonds. The van der Waals surface area contributed by atoms with Crippen molar-refractivity contribution in [2.45, 2.75) is 17.5 Å². The van der Waals surface area contributed by atoms with Gasteiger partial charge in [-0.3, -0.25) is 0 Å². The summed E-state index contributed by atoms with van der Waals surface area (Å²) in [5, 5.41) is 0. The normalized spacial score (nSPS) is 18.6. The Labute approximate surface area is 175 Å². The van der Waals surface area contributed by atoms with E-state index in [1.54, 1.807) is 29.6 Å². The van der Waals surface area contributed by atoms with E-state index in [1.165, 1.54) is 0 Å². The molecule has 0 fully saturated rings. The molecule has 0 unspecified atom stereocenters. The lowest BCUT2D eigenvalue weighted by molar-refractivity contribution is 0.171. The van der Waals surface area contributed by atoms with Gasteiger partial charge in [-0.2, -0.15) is 4.31 Å². The van der Waals surface area contributed by atoms with Crippen LogP contribution >= 0.6 is 0 Å². The number of sulfonamides is 1. The lowest BCUT2D eigenvalue weighted by Gasteiger charge is -2.36. The Morgan fingerprint density at radius 3 is 2.50 bits per heavy atom. The first kappa shape index (κ1) is 19.0. The lowest BCUT2D eigenvalue weighted by Crippen LogP contribution is -2.42. The second-order valence-corrected chi connectivity index (χ2v) is 9.11. The standard InChI is InChI=1S/C22H22N2O5S/c1-27-17-6-4-16(5-7-17)22-19-3-2-10-23(19)11-12-24(22)30(25,26)18-8-9-20-21(15-18)29-14-13-28-20/h2-10,15,22H,11-14H2,1H3/t22-/m0/s1. The second-order valence-electron chi connectivity index (χ2n) is 7.22. The molecular weight excluding hydrogens is 404 g/mol. The SMILES string of the molecule is COc1ccc([C@H]2c3cccn3CCN2S(=O)(=O)c2ccc3c(c2)OCCO3)cc1. The molecule has 0 saturated carbocycles. The minimum absolute atomic E-state index is 0.199. The molecule has 0 bridgehead atoms.